The molecule has 1 amide bonds. The highest BCUT2D eigenvalue weighted by Gasteiger charge is 2.38. The van der Waals surface area contributed by atoms with E-state index in [1.165, 1.54) is 0 Å². The van der Waals surface area contributed by atoms with Crippen LogP contribution in [0.2, 0.25) is 0 Å². The fourth-order valence-electron chi connectivity index (χ4n) is 3.72. The molecular weight excluding hydrogens is 314 g/mol. The Bertz CT molecular complexity index is 828. The number of pyridine rings is 1. The standard InChI is InChI=1S/C19H23N5O/c1-13-8-19(12-22-10-13,24-11-17(25)21-2)16-6-5-14(9-20)18-15(16)4-3-7-23-18/h3-7,13,22,24H,8,10-12H2,1-2H3,(H,21,25)/t13-,19-/m0/s1. The van der Waals surface area contributed by atoms with Crippen molar-refractivity contribution in [1.29, 1.82) is 5.26 Å². The molecule has 6 nitrogen and oxygen atoms in total. The highest BCUT2D eigenvalue weighted by molar-refractivity contribution is 5.88. The number of carbonyl (C=O) groups excluding carboxylic acids is 1. The van der Waals surface area contributed by atoms with Crippen LogP contribution in [0.15, 0.2) is 30.5 Å². The number of hydrogen-bond acceptors (Lipinski definition) is 5. The molecule has 2 heterocycles. The normalized spacial score (nSPS) is 23.2. The first-order valence-corrected chi connectivity index (χ1v) is 8.54. The van der Waals surface area contributed by atoms with Crippen LogP contribution >= 0.6 is 0 Å². The first-order valence-electron chi connectivity index (χ1n) is 8.54. The molecule has 1 aliphatic heterocycles. The summed E-state index contributed by atoms with van der Waals surface area (Å²) in [6.07, 6.45) is 2.62. The van der Waals surface area contributed by atoms with Crippen molar-refractivity contribution >= 4 is 16.8 Å². The zero-order valence-corrected chi connectivity index (χ0v) is 14.6. The molecule has 1 fully saturated rings. The Balaban J connectivity index is 2.12. The molecule has 1 aromatic heterocycles. The van der Waals surface area contributed by atoms with Gasteiger partial charge in [0.1, 0.15) is 6.07 Å². The number of nitriles is 1. The van der Waals surface area contributed by atoms with E-state index in [4.69, 9.17) is 0 Å². The van der Waals surface area contributed by atoms with Gasteiger partial charge >= 0.3 is 0 Å². The smallest absolute Gasteiger partial charge is 0.233 e. The number of fused-ring (bicyclic) bond motifs is 1. The second kappa shape index (κ2) is 7.18. The van der Waals surface area contributed by atoms with E-state index in [9.17, 15) is 10.1 Å². The van der Waals surface area contributed by atoms with Crippen LogP contribution in [0.25, 0.3) is 10.9 Å². The number of amides is 1. The summed E-state index contributed by atoms with van der Waals surface area (Å²) in [6, 6.07) is 9.93. The monoisotopic (exact) mass is 337 g/mol. The Morgan fingerprint density at radius 3 is 3.04 bits per heavy atom. The number of aromatic nitrogens is 1. The molecular formula is C19H23N5O. The van der Waals surface area contributed by atoms with Gasteiger partial charge in [-0.05, 0) is 36.6 Å². The van der Waals surface area contributed by atoms with Gasteiger partial charge < -0.3 is 10.6 Å². The predicted octanol–water partition coefficient (Wildman–Crippen LogP) is 1.27. The van der Waals surface area contributed by atoms with Gasteiger partial charge in [-0.2, -0.15) is 5.26 Å². The summed E-state index contributed by atoms with van der Waals surface area (Å²) < 4.78 is 0. The summed E-state index contributed by atoms with van der Waals surface area (Å²) in [7, 11) is 1.64. The lowest BCUT2D eigenvalue weighted by Gasteiger charge is -2.42. The molecule has 0 unspecified atom stereocenters. The van der Waals surface area contributed by atoms with E-state index in [2.05, 4.69) is 33.9 Å². The van der Waals surface area contributed by atoms with Crippen LogP contribution in [0.3, 0.4) is 0 Å². The zero-order valence-electron chi connectivity index (χ0n) is 14.6. The van der Waals surface area contributed by atoms with E-state index in [1.54, 1.807) is 13.2 Å². The van der Waals surface area contributed by atoms with Gasteiger partial charge in [-0.25, -0.2) is 0 Å². The molecule has 1 saturated heterocycles. The third kappa shape index (κ3) is 3.34. The summed E-state index contributed by atoms with van der Waals surface area (Å²) >= 11 is 0. The van der Waals surface area contributed by atoms with E-state index in [-0.39, 0.29) is 18.0 Å². The largest absolute Gasteiger partial charge is 0.358 e. The average Bonchev–Trinajstić information content (AvgIpc) is 2.65. The third-order valence-electron chi connectivity index (χ3n) is 4.89. The Morgan fingerprint density at radius 2 is 2.32 bits per heavy atom. The molecule has 1 aromatic carbocycles. The van der Waals surface area contributed by atoms with Crippen LogP contribution in [0, 0.1) is 17.2 Å². The lowest BCUT2D eigenvalue weighted by Crippen LogP contribution is -2.57. The number of benzene rings is 1. The van der Waals surface area contributed by atoms with Crippen molar-refractivity contribution in [3.05, 3.63) is 41.6 Å². The van der Waals surface area contributed by atoms with Crippen LogP contribution < -0.4 is 16.0 Å². The fraction of sp³-hybridized carbons (Fsp3) is 0.421. The van der Waals surface area contributed by atoms with Crippen LogP contribution in [-0.2, 0) is 10.3 Å². The number of nitrogens with zero attached hydrogens (tertiary/aromatic N) is 2. The van der Waals surface area contributed by atoms with Crippen molar-refractivity contribution in [3.8, 4) is 6.07 Å². The summed E-state index contributed by atoms with van der Waals surface area (Å²) in [5.74, 6) is 0.418. The van der Waals surface area contributed by atoms with E-state index < -0.39 is 0 Å². The molecule has 2 aromatic rings. The Hall–Kier alpha value is -2.49. The molecule has 0 saturated carbocycles. The molecule has 130 valence electrons. The van der Waals surface area contributed by atoms with Crippen molar-refractivity contribution in [2.75, 3.05) is 26.7 Å². The first kappa shape index (κ1) is 17.3. The first-order chi connectivity index (χ1) is 12.1. The van der Waals surface area contributed by atoms with Crippen molar-refractivity contribution in [2.45, 2.75) is 18.9 Å². The van der Waals surface area contributed by atoms with Crippen LogP contribution in [0.5, 0.6) is 0 Å². The molecule has 2 atom stereocenters. The molecule has 0 radical (unpaired) electrons. The zero-order chi connectivity index (χ0) is 17.9. The maximum absolute atomic E-state index is 11.8. The minimum atomic E-state index is -0.376. The number of rotatable bonds is 4. The highest BCUT2D eigenvalue weighted by Crippen LogP contribution is 2.36. The van der Waals surface area contributed by atoms with E-state index in [0.717, 1.165) is 30.5 Å². The molecule has 25 heavy (non-hydrogen) atoms. The van der Waals surface area contributed by atoms with Gasteiger partial charge in [0.2, 0.25) is 5.91 Å². The highest BCUT2D eigenvalue weighted by atomic mass is 16.1. The fourth-order valence-corrected chi connectivity index (χ4v) is 3.72. The summed E-state index contributed by atoms with van der Waals surface area (Å²) in [4.78, 5) is 16.2. The van der Waals surface area contributed by atoms with Gasteiger partial charge in [0, 0.05) is 25.2 Å². The third-order valence-corrected chi connectivity index (χ3v) is 4.89. The lowest BCUT2D eigenvalue weighted by molar-refractivity contribution is -0.120. The van der Waals surface area contributed by atoms with Crippen molar-refractivity contribution in [3.63, 3.8) is 0 Å². The topological polar surface area (TPSA) is 89.8 Å². The van der Waals surface area contributed by atoms with E-state index in [1.807, 2.05) is 24.3 Å². The van der Waals surface area contributed by atoms with Gasteiger partial charge in [0.15, 0.2) is 0 Å². The average molecular weight is 337 g/mol. The number of likely N-dealkylation sites (N-methyl/N-ethyl adjacent to an activating group) is 1. The summed E-state index contributed by atoms with van der Waals surface area (Å²) in [6.45, 7) is 4.12. The minimum absolute atomic E-state index is 0.0475. The number of piperidine rings is 1. The molecule has 0 aliphatic carbocycles. The molecule has 6 heteroatoms. The van der Waals surface area contributed by atoms with Gasteiger partial charge in [0.05, 0.1) is 23.2 Å². The van der Waals surface area contributed by atoms with E-state index in [0.29, 0.717) is 17.0 Å². The lowest BCUT2D eigenvalue weighted by atomic mass is 9.77. The second-order valence-electron chi connectivity index (χ2n) is 6.72. The molecule has 0 bridgehead atoms. The van der Waals surface area contributed by atoms with E-state index >= 15 is 0 Å². The summed E-state index contributed by atoms with van der Waals surface area (Å²) in [5, 5.41) is 20.0. The Labute approximate surface area is 147 Å². The maximum atomic E-state index is 11.8. The number of carbonyl (C=O) groups is 1. The van der Waals surface area contributed by atoms with Crippen LogP contribution in [0.4, 0.5) is 0 Å². The van der Waals surface area contributed by atoms with Crippen molar-refractivity contribution < 1.29 is 4.79 Å². The second-order valence-corrected chi connectivity index (χ2v) is 6.72. The van der Waals surface area contributed by atoms with Crippen molar-refractivity contribution in [1.82, 2.24) is 20.9 Å². The SMILES string of the molecule is CNC(=O)CN[C@]1(c2ccc(C#N)c3ncccc23)CNC[C@@H](C)C1. The molecule has 3 N–H and O–H groups in total. The van der Waals surface area contributed by atoms with Crippen molar-refractivity contribution in [2.24, 2.45) is 5.92 Å². The number of nitrogens with one attached hydrogen (secondary N) is 3. The van der Waals surface area contributed by atoms with Gasteiger partial charge in [0.25, 0.3) is 0 Å². The van der Waals surface area contributed by atoms with Gasteiger partial charge in [-0.15, -0.1) is 0 Å². The molecule has 1 aliphatic rings. The predicted molar refractivity (Wildman–Crippen MR) is 96.9 cm³/mol. The van der Waals surface area contributed by atoms with Crippen LogP contribution in [0.1, 0.15) is 24.5 Å². The molecule has 0 spiro atoms. The van der Waals surface area contributed by atoms with Crippen LogP contribution in [-0.4, -0.2) is 37.6 Å². The Morgan fingerprint density at radius 1 is 1.48 bits per heavy atom. The molecule has 3 rings (SSSR count). The minimum Gasteiger partial charge on any atom is -0.358 e. The summed E-state index contributed by atoms with van der Waals surface area (Å²) in [5.41, 5.74) is 1.98. The Kier molecular flexibility index (Phi) is 4.98. The number of hydrogen-bond donors (Lipinski definition) is 3. The van der Waals surface area contributed by atoms with Gasteiger partial charge in [-0.3, -0.25) is 15.1 Å². The quantitative estimate of drug-likeness (QED) is 0.782. The maximum Gasteiger partial charge on any atom is 0.233 e. The van der Waals surface area contributed by atoms with Gasteiger partial charge in [-0.1, -0.05) is 19.1 Å².